The first-order chi connectivity index (χ1) is 11.4. The van der Waals surface area contributed by atoms with Crippen LogP contribution in [0.2, 0.25) is 0 Å². The van der Waals surface area contributed by atoms with Crippen LogP contribution in [0.4, 0.5) is 4.79 Å². The summed E-state index contributed by atoms with van der Waals surface area (Å²) < 4.78 is 0. The van der Waals surface area contributed by atoms with Gasteiger partial charge in [-0.2, -0.15) is 5.26 Å². The third-order valence-corrected chi connectivity index (χ3v) is 5.10. The van der Waals surface area contributed by atoms with Crippen molar-refractivity contribution in [2.75, 3.05) is 6.54 Å². The topological polar surface area (TPSA) is 111 Å². The van der Waals surface area contributed by atoms with Gasteiger partial charge in [0.2, 0.25) is 5.91 Å². The first-order valence-corrected chi connectivity index (χ1v) is 8.28. The van der Waals surface area contributed by atoms with Crippen molar-refractivity contribution in [1.82, 2.24) is 15.1 Å². The maximum Gasteiger partial charge on any atom is 0.334 e. The molecule has 1 heterocycles. The van der Waals surface area contributed by atoms with E-state index in [1.807, 2.05) is 0 Å². The van der Waals surface area contributed by atoms with Gasteiger partial charge in [-0.25, -0.2) is 9.69 Å². The highest BCUT2D eigenvalue weighted by molar-refractivity contribution is 6.45. The molecule has 3 aliphatic rings. The third-order valence-electron chi connectivity index (χ3n) is 5.10. The quantitative estimate of drug-likeness (QED) is 0.583. The lowest BCUT2D eigenvalue weighted by Crippen LogP contribution is -2.51. The molecule has 0 aromatic rings. The number of nitrogens with zero attached hydrogens (tertiary/aromatic N) is 3. The highest BCUT2D eigenvalue weighted by Crippen LogP contribution is 2.39. The predicted molar refractivity (Wildman–Crippen MR) is 81.1 cm³/mol. The van der Waals surface area contributed by atoms with E-state index in [9.17, 15) is 24.4 Å². The number of hydrogen-bond acceptors (Lipinski definition) is 5. The fraction of sp³-hybridized carbons (Fsp3) is 0.688. The summed E-state index contributed by atoms with van der Waals surface area (Å²) in [5.41, 5.74) is -1.00. The summed E-state index contributed by atoms with van der Waals surface area (Å²) in [5.74, 6) is -2.33. The molecule has 1 N–H and O–H groups in total. The average molecular weight is 332 g/mol. The van der Waals surface area contributed by atoms with Crippen LogP contribution in [0.5, 0.6) is 0 Å². The number of imide groups is 2. The third kappa shape index (κ3) is 2.75. The highest BCUT2D eigenvalue weighted by atomic mass is 16.2. The molecule has 8 nitrogen and oxygen atoms in total. The first-order valence-electron chi connectivity index (χ1n) is 8.28. The number of nitrogens with one attached hydrogen (secondary N) is 1. The standard InChI is InChI=1S/C16H20N4O4/c1-16(9-17,10-6-7-10)18-12(21)8-19-13(22)14(23)20(15(19)24)11-4-2-3-5-11/h10-11H,2-8H2,1H3,(H,18,21)/t16-/m1/s1. The fourth-order valence-corrected chi connectivity index (χ4v) is 3.50. The lowest BCUT2D eigenvalue weighted by atomic mass is 9.98. The molecule has 0 spiro atoms. The summed E-state index contributed by atoms with van der Waals surface area (Å²) in [7, 11) is 0. The second-order valence-electron chi connectivity index (χ2n) is 6.92. The van der Waals surface area contributed by atoms with Gasteiger partial charge >= 0.3 is 17.8 Å². The molecule has 8 heteroatoms. The predicted octanol–water partition coefficient (Wildman–Crippen LogP) is 0.528. The van der Waals surface area contributed by atoms with E-state index in [1.165, 1.54) is 0 Å². The zero-order valence-electron chi connectivity index (χ0n) is 13.6. The van der Waals surface area contributed by atoms with Gasteiger partial charge in [-0.1, -0.05) is 12.8 Å². The van der Waals surface area contributed by atoms with E-state index in [0.717, 1.165) is 30.6 Å². The molecule has 0 aromatic carbocycles. The maximum atomic E-state index is 12.4. The molecule has 5 amide bonds. The molecule has 3 rings (SSSR count). The van der Waals surface area contributed by atoms with Crippen LogP contribution in [0.1, 0.15) is 45.4 Å². The number of carbonyl (C=O) groups is 4. The maximum absolute atomic E-state index is 12.4. The molecule has 3 fully saturated rings. The molecule has 0 radical (unpaired) electrons. The largest absolute Gasteiger partial charge is 0.336 e. The Kier molecular flexibility index (Phi) is 4.03. The van der Waals surface area contributed by atoms with Crippen molar-refractivity contribution in [1.29, 1.82) is 5.26 Å². The van der Waals surface area contributed by atoms with E-state index in [2.05, 4.69) is 11.4 Å². The van der Waals surface area contributed by atoms with Crippen LogP contribution in [0, 0.1) is 17.2 Å². The number of carbonyl (C=O) groups excluding carboxylic acids is 4. The van der Waals surface area contributed by atoms with Crippen molar-refractivity contribution >= 4 is 23.8 Å². The fourth-order valence-electron chi connectivity index (χ4n) is 3.50. The van der Waals surface area contributed by atoms with Gasteiger partial charge in [-0.3, -0.25) is 19.3 Å². The van der Waals surface area contributed by atoms with E-state index < -0.39 is 35.8 Å². The molecule has 1 aliphatic heterocycles. The molecular formula is C16H20N4O4. The van der Waals surface area contributed by atoms with Gasteiger partial charge in [0.1, 0.15) is 12.1 Å². The molecule has 24 heavy (non-hydrogen) atoms. The Labute approximate surface area is 139 Å². The monoisotopic (exact) mass is 332 g/mol. The minimum absolute atomic E-state index is 0.0908. The molecule has 1 saturated heterocycles. The van der Waals surface area contributed by atoms with Crippen molar-refractivity contribution in [3.05, 3.63) is 0 Å². The van der Waals surface area contributed by atoms with Crippen LogP contribution in [0.15, 0.2) is 0 Å². The van der Waals surface area contributed by atoms with Crippen molar-refractivity contribution in [2.24, 2.45) is 5.92 Å². The molecule has 0 bridgehead atoms. The van der Waals surface area contributed by atoms with Crippen LogP contribution in [0.25, 0.3) is 0 Å². The van der Waals surface area contributed by atoms with Crippen LogP contribution in [-0.4, -0.2) is 51.7 Å². The number of urea groups is 1. The summed E-state index contributed by atoms with van der Waals surface area (Å²) in [6.45, 7) is 1.10. The summed E-state index contributed by atoms with van der Waals surface area (Å²) in [4.78, 5) is 50.4. The van der Waals surface area contributed by atoms with Crippen molar-refractivity contribution in [3.8, 4) is 6.07 Å². The number of rotatable bonds is 5. The van der Waals surface area contributed by atoms with E-state index in [1.54, 1.807) is 6.92 Å². The summed E-state index contributed by atoms with van der Waals surface area (Å²) in [5, 5.41) is 11.9. The molecule has 2 saturated carbocycles. The molecule has 128 valence electrons. The van der Waals surface area contributed by atoms with Crippen molar-refractivity contribution in [2.45, 2.75) is 57.0 Å². The lowest BCUT2D eigenvalue weighted by molar-refractivity contribution is -0.144. The Bertz CT molecular complexity index is 645. The van der Waals surface area contributed by atoms with Crippen LogP contribution < -0.4 is 5.32 Å². The van der Waals surface area contributed by atoms with Gasteiger partial charge < -0.3 is 5.32 Å². The van der Waals surface area contributed by atoms with Gasteiger partial charge in [0.25, 0.3) is 0 Å². The lowest BCUT2D eigenvalue weighted by Gasteiger charge is -2.24. The normalized spacial score (nSPS) is 24.2. The second-order valence-corrected chi connectivity index (χ2v) is 6.92. The Hall–Kier alpha value is -2.43. The Morgan fingerprint density at radius 2 is 1.83 bits per heavy atom. The van der Waals surface area contributed by atoms with Crippen LogP contribution in [-0.2, 0) is 14.4 Å². The van der Waals surface area contributed by atoms with Crippen molar-refractivity contribution < 1.29 is 19.2 Å². The summed E-state index contributed by atoms with van der Waals surface area (Å²) in [6.07, 6.45) is 4.94. The molecule has 0 aromatic heterocycles. The Morgan fingerprint density at radius 1 is 1.21 bits per heavy atom. The molecule has 1 atom stereocenters. The second kappa shape index (κ2) is 5.89. The highest BCUT2D eigenvalue weighted by Gasteiger charge is 2.49. The first kappa shape index (κ1) is 16.4. The van der Waals surface area contributed by atoms with Gasteiger partial charge in [0.15, 0.2) is 0 Å². The summed E-state index contributed by atoms with van der Waals surface area (Å²) in [6, 6.07) is 1.11. The van der Waals surface area contributed by atoms with E-state index in [0.29, 0.717) is 17.7 Å². The van der Waals surface area contributed by atoms with E-state index in [-0.39, 0.29) is 12.0 Å². The van der Waals surface area contributed by atoms with Crippen LogP contribution in [0.3, 0.4) is 0 Å². The SMILES string of the molecule is C[C@](C#N)(NC(=O)CN1C(=O)C(=O)N(C2CCCC2)C1=O)C1CC1. The van der Waals surface area contributed by atoms with Gasteiger partial charge in [-0.05, 0) is 38.5 Å². The average Bonchev–Trinajstić information content (AvgIpc) is 3.25. The number of hydrogen-bond donors (Lipinski definition) is 1. The van der Waals surface area contributed by atoms with Gasteiger partial charge in [0.05, 0.1) is 6.07 Å². The van der Waals surface area contributed by atoms with Gasteiger partial charge in [-0.15, -0.1) is 0 Å². The Morgan fingerprint density at radius 3 is 2.38 bits per heavy atom. The number of amides is 5. The van der Waals surface area contributed by atoms with E-state index >= 15 is 0 Å². The minimum Gasteiger partial charge on any atom is -0.336 e. The van der Waals surface area contributed by atoms with Gasteiger partial charge in [0, 0.05) is 6.04 Å². The smallest absolute Gasteiger partial charge is 0.334 e. The minimum atomic E-state index is -1.00. The van der Waals surface area contributed by atoms with Crippen molar-refractivity contribution in [3.63, 3.8) is 0 Å². The van der Waals surface area contributed by atoms with Crippen LogP contribution >= 0.6 is 0 Å². The molecule has 2 aliphatic carbocycles. The zero-order chi connectivity index (χ0) is 17.5. The summed E-state index contributed by atoms with van der Waals surface area (Å²) >= 11 is 0. The van der Waals surface area contributed by atoms with E-state index in [4.69, 9.17) is 0 Å². The molecular weight excluding hydrogens is 312 g/mol. The zero-order valence-corrected chi connectivity index (χ0v) is 13.6. The number of nitriles is 1. The Balaban J connectivity index is 1.67. The molecule has 0 unspecified atom stereocenters.